The zero-order chi connectivity index (χ0) is 13.9. The second-order valence-corrected chi connectivity index (χ2v) is 7.43. The summed E-state index contributed by atoms with van der Waals surface area (Å²) in [5.74, 6) is 0.660. The van der Waals surface area contributed by atoms with Crippen molar-refractivity contribution in [1.29, 1.82) is 0 Å². The Morgan fingerprint density at radius 3 is 2.50 bits per heavy atom. The summed E-state index contributed by atoms with van der Waals surface area (Å²) in [5, 5.41) is 13.6. The van der Waals surface area contributed by atoms with Crippen LogP contribution < -0.4 is 5.32 Å². The first-order chi connectivity index (χ1) is 8.19. The minimum Gasteiger partial charge on any atom is -0.392 e. The van der Waals surface area contributed by atoms with E-state index in [2.05, 4.69) is 51.9 Å². The molecule has 3 heteroatoms. The maximum absolute atomic E-state index is 10.0. The molecule has 0 radical (unpaired) electrons. The van der Waals surface area contributed by atoms with Gasteiger partial charge in [0.25, 0.3) is 0 Å². The SMILES string of the molecule is CC1CN(C)C(C)CC1NCC(O)CC(C)(C)C. The summed E-state index contributed by atoms with van der Waals surface area (Å²) < 4.78 is 0. The van der Waals surface area contributed by atoms with Gasteiger partial charge in [0.15, 0.2) is 0 Å². The number of nitrogens with one attached hydrogen (secondary N) is 1. The molecule has 0 aromatic carbocycles. The first kappa shape index (κ1) is 15.9. The van der Waals surface area contributed by atoms with Crippen molar-refractivity contribution in [2.24, 2.45) is 11.3 Å². The summed E-state index contributed by atoms with van der Waals surface area (Å²) in [6.07, 6.45) is 1.81. The Hall–Kier alpha value is -0.120. The highest BCUT2D eigenvalue weighted by molar-refractivity contribution is 4.86. The molecule has 1 heterocycles. The van der Waals surface area contributed by atoms with Gasteiger partial charge in [0, 0.05) is 25.2 Å². The Kier molecular flexibility index (Phi) is 5.63. The number of hydrogen-bond acceptors (Lipinski definition) is 3. The Morgan fingerprint density at radius 2 is 1.94 bits per heavy atom. The molecule has 4 atom stereocenters. The van der Waals surface area contributed by atoms with Crippen molar-refractivity contribution in [2.75, 3.05) is 20.1 Å². The normalized spacial score (nSPS) is 32.5. The number of aliphatic hydroxyl groups excluding tert-OH is 1. The van der Waals surface area contributed by atoms with Gasteiger partial charge in [0.2, 0.25) is 0 Å². The zero-order valence-electron chi connectivity index (χ0n) is 13.0. The van der Waals surface area contributed by atoms with Crippen molar-refractivity contribution >= 4 is 0 Å². The molecule has 0 aromatic rings. The fourth-order valence-electron chi connectivity index (χ4n) is 2.89. The molecule has 0 spiro atoms. The van der Waals surface area contributed by atoms with Gasteiger partial charge in [0.1, 0.15) is 0 Å². The molecule has 0 aliphatic carbocycles. The van der Waals surface area contributed by atoms with Gasteiger partial charge in [-0.05, 0) is 38.1 Å². The van der Waals surface area contributed by atoms with Crippen LogP contribution in [0.1, 0.15) is 47.5 Å². The predicted molar refractivity (Wildman–Crippen MR) is 77.7 cm³/mol. The highest BCUT2D eigenvalue weighted by Crippen LogP contribution is 2.22. The predicted octanol–water partition coefficient (Wildman–Crippen LogP) is 2.10. The van der Waals surface area contributed by atoms with E-state index in [4.69, 9.17) is 0 Å². The summed E-state index contributed by atoms with van der Waals surface area (Å²) in [4.78, 5) is 2.43. The number of likely N-dealkylation sites (tertiary alicyclic amines) is 1. The van der Waals surface area contributed by atoms with Crippen LogP contribution in [0, 0.1) is 11.3 Å². The van der Waals surface area contributed by atoms with Crippen molar-refractivity contribution in [3.8, 4) is 0 Å². The van der Waals surface area contributed by atoms with E-state index in [9.17, 15) is 5.11 Å². The monoisotopic (exact) mass is 256 g/mol. The lowest BCUT2D eigenvalue weighted by Crippen LogP contribution is -2.52. The van der Waals surface area contributed by atoms with Crippen LogP contribution in [0.5, 0.6) is 0 Å². The summed E-state index contributed by atoms with van der Waals surface area (Å²) in [6.45, 7) is 13.0. The average molecular weight is 256 g/mol. The second-order valence-electron chi connectivity index (χ2n) is 7.43. The van der Waals surface area contributed by atoms with E-state index in [1.165, 1.54) is 6.42 Å². The van der Waals surface area contributed by atoms with Crippen molar-refractivity contribution < 1.29 is 5.11 Å². The van der Waals surface area contributed by atoms with Gasteiger partial charge in [-0.25, -0.2) is 0 Å². The van der Waals surface area contributed by atoms with E-state index in [1.54, 1.807) is 0 Å². The van der Waals surface area contributed by atoms with Gasteiger partial charge in [-0.15, -0.1) is 0 Å². The lowest BCUT2D eigenvalue weighted by atomic mass is 9.88. The van der Waals surface area contributed by atoms with E-state index < -0.39 is 0 Å². The van der Waals surface area contributed by atoms with Crippen molar-refractivity contribution in [3.05, 3.63) is 0 Å². The molecule has 18 heavy (non-hydrogen) atoms. The quantitative estimate of drug-likeness (QED) is 0.808. The Bertz CT molecular complexity index is 249. The molecular weight excluding hydrogens is 224 g/mol. The molecule has 1 saturated heterocycles. The number of rotatable bonds is 4. The molecule has 1 aliphatic rings. The van der Waals surface area contributed by atoms with E-state index >= 15 is 0 Å². The third kappa shape index (κ3) is 5.25. The minimum atomic E-state index is -0.229. The Labute approximate surface area is 113 Å². The molecule has 0 bridgehead atoms. The molecule has 0 saturated carbocycles. The van der Waals surface area contributed by atoms with Crippen LogP contribution in [0.4, 0.5) is 0 Å². The number of hydrogen-bond donors (Lipinski definition) is 2. The summed E-state index contributed by atoms with van der Waals surface area (Å²) in [7, 11) is 2.20. The summed E-state index contributed by atoms with van der Waals surface area (Å²) >= 11 is 0. The van der Waals surface area contributed by atoms with E-state index in [-0.39, 0.29) is 11.5 Å². The molecule has 108 valence electrons. The minimum absolute atomic E-state index is 0.201. The van der Waals surface area contributed by atoms with Crippen LogP contribution in [-0.4, -0.2) is 48.3 Å². The Balaban J connectivity index is 2.34. The van der Waals surface area contributed by atoms with Gasteiger partial charge in [-0.1, -0.05) is 27.7 Å². The summed E-state index contributed by atoms with van der Waals surface area (Å²) in [6, 6.07) is 1.18. The van der Waals surface area contributed by atoms with Crippen LogP contribution in [0.2, 0.25) is 0 Å². The third-order valence-corrected chi connectivity index (χ3v) is 4.07. The van der Waals surface area contributed by atoms with Crippen molar-refractivity contribution in [1.82, 2.24) is 10.2 Å². The molecule has 1 rings (SSSR count). The molecule has 1 fully saturated rings. The standard InChI is InChI=1S/C15H32N2O/c1-11-10-17(6)12(2)7-14(11)16-9-13(18)8-15(3,4)5/h11-14,16,18H,7-10H2,1-6H3. The highest BCUT2D eigenvalue weighted by atomic mass is 16.3. The lowest BCUT2D eigenvalue weighted by Gasteiger charge is -2.40. The molecule has 0 aromatic heterocycles. The highest BCUT2D eigenvalue weighted by Gasteiger charge is 2.29. The topological polar surface area (TPSA) is 35.5 Å². The molecule has 1 aliphatic heterocycles. The van der Waals surface area contributed by atoms with Crippen LogP contribution in [-0.2, 0) is 0 Å². The largest absolute Gasteiger partial charge is 0.392 e. The van der Waals surface area contributed by atoms with Gasteiger partial charge < -0.3 is 15.3 Å². The maximum atomic E-state index is 10.0. The van der Waals surface area contributed by atoms with Gasteiger partial charge in [-0.3, -0.25) is 0 Å². The van der Waals surface area contributed by atoms with Crippen LogP contribution in [0.15, 0.2) is 0 Å². The lowest BCUT2D eigenvalue weighted by molar-refractivity contribution is 0.0891. The second kappa shape index (κ2) is 6.36. The number of piperidine rings is 1. The van der Waals surface area contributed by atoms with E-state index in [0.717, 1.165) is 19.5 Å². The van der Waals surface area contributed by atoms with Crippen LogP contribution >= 0.6 is 0 Å². The first-order valence-electron chi connectivity index (χ1n) is 7.30. The molecule has 0 amide bonds. The van der Waals surface area contributed by atoms with Crippen molar-refractivity contribution in [3.63, 3.8) is 0 Å². The molecular formula is C15H32N2O. The Morgan fingerprint density at radius 1 is 1.33 bits per heavy atom. The average Bonchev–Trinajstić information content (AvgIpc) is 2.19. The third-order valence-electron chi connectivity index (χ3n) is 4.07. The van der Waals surface area contributed by atoms with E-state index in [0.29, 0.717) is 18.0 Å². The number of nitrogens with zero attached hydrogens (tertiary/aromatic N) is 1. The molecule has 2 N–H and O–H groups in total. The smallest absolute Gasteiger partial charge is 0.0669 e. The molecule has 3 nitrogen and oxygen atoms in total. The van der Waals surface area contributed by atoms with Gasteiger partial charge >= 0.3 is 0 Å². The van der Waals surface area contributed by atoms with Crippen molar-refractivity contribution in [2.45, 2.75) is 65.6 Å². The van der Waals surface area contributed by atoms with Crippen LogP contribution in [0.3, 0.4) is 0 Å². The zero-order valence-corrected chi connectivity index (χ0v) is 13.0. The fraction of sp³-hybridized carbons (Fsp3) is 1.00. The van der Waals surface area contributed by atoms with Gasteiger partial charge in [0.05, 0.1) is 6.10 Å². The fourth-order valence-corrected chi connectivity index (χ4v) is 2.89. The molecule has 4 unspecified atom stereocenters. The van der Waals surface area contributed by atoms with Gasteiger partial charge in [-0.2, -0.15) is 0 Å². The maximum Gasteiger partial charge on any atom is 0.0669 e. The first-order valence-corrected chi connectivity index (χ1v) is 7.30. The summed E-state index contributed by atoms with van der Waals surface area (Å²) in [5.41, 5.74) is 0.201. The van der Waals surface area contributed by atoms with E-state index in [1.807, 2.05) is 0 Å². The van der Waals surface area contributed by atoms with Crippen LogP contribution in [0.25, 0.3) is 0 Å². The number of aliphatic hydroxyl groups is 1.